The topological polar surface area (TPSA) is 94.2 Å². The third-order valence-corrected chi connectivity index (χ3v) is 5.57. The van der Waals surface area contributed by atoms with Crippen LogP contribution in [0.4, 0.5) is 10.5 Å². The molecule has 8 nitrogen and oxygen atoms in total. The van der Waals surface area contributed by atoms with E-state index in [1.807, 2.05) is 32.0 Å². The van der Waals surface area contributed by atoms with Crippen molar-refractivity contribution < 1.29 is 28.6 Å². The highest BCUT2D eigenvalue weighted by Crippen LogP contribution is 2.40. The monoisotopic (exact) mass is 456 g/mol. The zero-order valence-corrected chi connectivity index (χ0v) is 19.3. The van der Waals surface area contributed by atoms with Gasteiger partial charge in [-0.1, -0.05) is 6.07 Å². The number of ether oxygens (including phenoxy) is 3. The molecule has 3 amide bonds. The standard InChI is InChI=1S/C23H24N2O6S/c1-13-6-14(2)8-16(7-13)24-20(26)12-25-22(27)19(32-23(25)28)11-15-9-17(29-3)21(31-5)18(10-15)30-4/h6-11H,12H2,1-5H3,(H,24,26)/b19-11+. The zero-order valence-electron chi connectivity index (χ0n) is 18.5. The summed E-state index contributed by atoms with van der Waals surface area (Å²) in [5.41, 5.74) is 3.21. The fourth-order valence-electron chi connectivity index (χ4n) is 3.36. The van der Waals surface area contributed by atoms with Crippen LogP contribution in [0.2, 0.25) is 0 Å². The molecule has 1 fully saturated rings. The molecule has 2 aromatic rings. The number of anilines is 1. The molecule has 1 N–H and O–H groups in total. The van der Waals surface area contributed by atoms with Gasteiger partial charge >= 0.3 is 0 Å². The molecule has 0 bridgehead atoms. The summed E-state index contributed by atoms with van der Waals surface area (Å²) < 4.78 is 15.9. The number of hydrogen-bond donors (Lipinski definition) is 1. The number of benzene rings is 2. The summed E-state index contributed by atoms with van der Waals surface area (Å²) in [6, 6.07) is 8.97. The number of amides is 3. The van der Waals surface area contributed by atoms with Gasteiger partial charge in [-0.05, 0) is 72.6 Å². The van der Waals surface area contributed by atoms with Crippen molar-refractivity contribution in [3.05, 3.63) is 51.9 Å². The normalized spacial score (nSPS) is 14.7. The minimum absolute atomic E-state index is 0.198. The Morgan fingerprint density at radius 2 is 1.56 bits per heavy atom. The highest BCUT2D eigenvalue weighted by atomic mass is 32.2. The van der Waals surface area contributed by atoms with Crippen LogP contribution in [0.3, 0.4) is 0 Å². The van der Waals surface area contributed by atoms with Crippen LogP contribution in [0.25, 0.3) is 6.08 Å². The van der Waals surface area contributed by atoms with Crippen LogP contribution in [0.15, 0.2) is 35.2 Å². The number of nitrogens with one attached hydrogen (secondary N) is 1. The van der Waals surface area contributed by atoms with Crippen LogP contribution in [0.5, 0.6) is 17.2 Å². The molecule has 1 aliphatic heterocycles. The number of rotatable bonds is 7. The lowest BCUT2D eigenvalue weighted by molar-refractivity contribution is -0.127. The van der Waals surface area contributed by atoms with Gasteiger partial charge in [-0.15, -0.1) is 0 Å². The lowest BCUT2D eigenvalue weighted by atomic mass is 10.1. The highest BCUT2D eigenvalue weighted by Gasteiger charge is 2.36. The quantitative estimate of drug-likeness (QED) is 0.629. The fourth-order valence-corrected chi connectivity index (χ4v) is 4.20. The second-order valence-corrected chi connectivity index (χ2v) is 8.14. The Morgan fingerprint density at radius 3 is 2.09 bits per heavy atom. The Hall–Kier alpha value is -3.46. The first-order chi connectivity index (χ1) is 15.2. The Balaban J connectivity index is 1.78. The minimum Gasteiger partial charge on any atom is -0.493 e. The van der Waals surface area contributed by atoms with Crippen molar-refractivity contribution in [2.75, 3.05) is 33.2 Å². The van der Waals surface area contributed by atoms with Gasteiger partial charge in [0.1, 0.15) is 6.54 Å². The molecule has 1 heterocycles. The van der Waals surface area contributed by atoms with Crippen LogP contribution in [-0.4, -0.2) is 49.8 Å². The molecule has 32 heavy (non-hydrogen) atoms. The molecule has 1 saturated heterocycles. The van der Waals surface area contributed by atoms with Crippen LogP contribution in [-0.2, 0) is 9.59 Å². The Morgan fingerprint density at radius 1 is 0.969 bits per heavy atom. The zero-order chi connectivity index (χ0) is 23.4. The highest BCUT2D eigenvalue weighted by molar-refractivity contribution is 8.18. The van der Waals surface area contributed by atoms with Crippen molar-refractivity contribution >= 4 is 40.6 Å². The van der Waals surface area contributed by atoms with Gasteiger partial charge < -0.3 is 19.5 Å². The van der Waals surface area contributed by atoms with Crippen molar-refractivity contribution in [1.29, 1.82) is 0 Å². The number of nitrogens with zero attached hydrogens (tertiary/aromatic N) is 1. The van der Waals surface area contributed by atoms with Gasteiger partial charge in [0.2, 0.25) is 11.7 Å². The number of thioether (sulfide) groups is 1. The molecule has 2 aromatic carbocycles. The van der Waals surface area contributed by atoms with E-state index in [-0.39, 0.29) is 11.4 Å². The van der Waals surface area contributed by atoms with Crippen molar-refractivity contribution in [3.8, 4) is 17.2 Å². The van der Waals surface area contributed by atoms with Crippen molar-refractivity contribution in [2.24, 2.45) is 0 Å². The average molecular weight is 457 g/mol. The van der Waals surface area contributed by atoms with Crippen LogP contribution < -0.4 is 19.5 Å². The summed E-state index contributed by atoms with van der Waals surface area (Å²) in [7, 11) is 4.47. The van der Waals surface area contributed by atoms with Gasteiger partial charge in [-0.2, -0.15) is 0 Å². The number of methoxy groups -OCH3 is 3. The summed E-state index contributed by atoms with van der Waals surface area (Å²) in [5, 5.41) is 2.23. The molecule has 0 saturated carbocycles. The van der Waals surface area contributed by atoms with Gasteiger partial charge in [0.25, 0.3) is 11.1 Å². The summed E-state index contributed by atoms with van der Waals surface area (Å²) in [6.45, 7) is 3.48. The van der Waals surface area contributed by atoms with Crippen LogP contribution in [0, 0.1) is 13.8 Å². The van der Waals surface area contributed by atoms with Crippen molar-refractivity contribution in [3.63, 3.8) is 0 Å². The molecule has 0 radical (unpaired) electrons. The second-order valence-electron chi connectivity index (χ2n) is 7.15. The first-order valence-electron chi connectivity index (χ1n) is 9.69. The fraction of sp³-hybridized carbons (Fsp3) is 0.261. The molecule has 0 aromatic heterocycles. The van der Waals surface area contributed by atoms with E-state index in [1.54, 1.807) is 18.2 Å². The third-order valence-electron chi connectivity index (χ3n) is 4.67. The molecular weight excluding hydrogens is 432 g/mol. The summed E-state index contributed by atoms with van der Waals surface area (Å²) >= 11 is 0.772. The van der Waals surface area contributed by atoms with E-state index in [0.717, 1.165) is 27.8 Å². The lowest BCUT2D eigenvalue weighted by Crippen LogP contribution is -2.36. The maximum atomic E-state index is 12.8. The van der Waals surface area contributed by atoms with Crippen molar-refractivity contribution in [1.82, 2.24) is 4.90 Å². The van der Waals surface area contributed by atoms with E-state index in [9.17, 15) is 14.4 Å². The molecular formula is C23H24N2O6S. The first kappa shape index (κ1) is 23.2. The van der Waals surface area contributed by atoms with E-state index < -0.39 is 17.1 Å². The maximum Gasteiger partial charge on any atom is 0.294 e. The predicted molar refractivity (Wildman–Crippen MR) is 123 cm³/mol. The van der Waals surface area contributed by atoms with E-state index >= 15 is 0 Å². The second kappa shape index (κ2) is 9.78. The van der Waals surface area contributed by atoms with Crippen molar-refractivity contribution in [2.45, 2.75) is 13.8 Å². The molecule has 3 rings (SSSR count). The Kier molecular flexibility index (Phi) is 7.09. The molecule has 9 heteroatoms. The lowest BCUT2D eigenvalue weighted by Gasteiger charge is -2.13. The molecule has 168 valence electrons. The number of carbonyl (C=O) groups excluding carboxylic acids is 3. The molecule has 0 aliphatic carbocycles. The van der Waals surface area contributed by atoms with Gasteiger partial charge in [-0.25, -0.2) is 0 Å². The molecule has 0 spiro atoms. The summed E-state index contributed by atoms with van der Waals surface area (Å²) in [6.07, 6.45) is 1.55. The largest absolute Gasteiger partial charge is 0.493 e. The molecule has 0 unspecified atom stereocenters. The predicted octanol–water partition coefficient (Wildman–Crippen LogP) is 4.00. The third kappa shape index (κ3) is 5.05. The van der Waals surface area contributed by atoms with Gasteiger partial charge in [0.15, 0.2) is 11.5 Å². The Labute approximate surface area is 190 Å². The maximum absolute atomic E-state index is 12.8. The van der Waals surface area contributed by atoms with Gasteiger partial charge in [0.05, 0.1) is 26.2 Å². The van der Waals surface area contributed by atoms with Crippen LogP contribution >= 0.6 is 11.8 Å². The van der Waals surface area contributed by atoms with Gasteiger partial charge in [0, 0.05) is 5.69 Å². The Bertz CT molecular complexity index is 1070. The minimum atomic E-state index is -0.538. The summed E-state index contributed by atoms with van der Waals surface area (Å²) in [4.78, 5) is 38.8. The SMILES string of the molecule is COc1cc(/C=C2/SC(=O)N(CC(=O)Nc3cc(C)cc(C)c3)C2=O)cc(OC)c1OC. The summed E-state index contributed by atoms with van der Waals surface area (Å²) in [5.74, 6) is 0.272. The average Bonchev–Trinajstić information content (AvgIpc) is 2.99. The molecule has 0 atom stereocenters. The molecule has 1 aliphatic rings. The van der Waals surface area contributed by atoms with E-state index in [1.165, 1.54) is 21.3 Å². The first-order valence-corrected chi connectivity index (χ1v) is 10.5. The van der Waals surface area contributed by atoms with Gasteiger partial charge in [-0.3, -0.25) is 19.3 Å². The number of aryl methyl sites for hydroxylation is 2. The van der Waals surface area contributed by atoms with E-state index in [0.29, 0.717) is 28.5 Å². The number of imide groups is 1. The van der Waals surface area contributed by atoms with E-state index in [4.69, 9.17) is 14.2 Å². The number of carbonyl (C=O) groups is 3. The van der Waals surface area contributed by atoms with E-state index in [2.05, 4.69) is 5.32 Å². The van der Waals surface area contributed by atoms with Crippen LogP contribution in [0.1, 0.15) is 16.7 Å². The number of hydrogen-bond acceptors (Lipinski definition) is 7. The smallest absolute Gasteiger partial charge is 0.294 e.